The number of carbonyl (C=O) groups is 1. The summed E-state index contributed by atoms with van der Waals surface area (Å²) in [6.07, 6.45) is 6.32. The van der Waals surface area contributed by atoms with Crippen LogP contribution in [0.5, 0.6) is 0 Å². The lowest BCUT2D eigenvalue weighted by Gasteiger charge is -1.97. The molecule has 0 heterocycles. The first kappa shape index (κ1) is 9.15. The first-order chi connectivity index (χ1) is 4.81. The van der Waals surface area contributed by atoms with Gasteiger partial charge in [0.1, 0.15) is 6.29 Å². The van der Waals surface area contributed by atoms with Crippen LogP contribution < -0.4 is 0 Å². The maximum Gasteiger partial charge on any atom is 0.124 e. The van der Waals surface area contributed by atoms with Crippen LogP contribution in [0.4, 0.5) is 0 Å². The third-order valence-corrected chi connectivity index (χ3v) is 1.31. The predicted octanol–water partition coefficient (Wildman–Crippen LogP) is 2.49. The zero-order chi connectivity index (χ0) is 7.82. The number of carbonyl (C=O) groups excluding carboxylic acids is 1. The van der Waals surface area contributed by atoms with Gasteiger partial charge in [-0.2, -0.15) is 0 Å². The van der Waals surface area contributed by atoms with Crippen LogP contribution in [-0.4, -0.2) is 6.29 Å². The molecule has 1 heteroatoms. The van der Waals surface area contributed by atoms with Gasteiger partial charge < -0.3 is 4.79 Å². The quantitative estimate of drug-likeness (QED) is 0.313. The molecule has 0 saturated heterocycles. The molecule has 0 aliphatic carbocycles. The highest BCUT2D eigenvalue weighted by Crippen LogP contribution is 2.07. The van der Waals surface area contributed by atoms with Crippen LogP contribution in [0.3, 0.4) is 0 Å². The van der Waals surface area contributed by atoms with Crippen LogP contribution in [-0.2, 0) is 4.79 Å². The molecule has 0 aliphatic heterocycles. The second-order valence-electron chi connectivity index (χ2n) is 2.30. The van der Waals surface area contributed by atoms with Crippen molar-refractivity contribution in [3.05, 3.63) is 24.8 Å². The highest BCUT2D eigenvalue weighted by Gasteiger charge is 1.90. The van der Waals surface area contributed by atoms with E-state index in [4.69, 9.17) is 0 Å². The van der Waals surface area contributed by atoms with Crippen molar-refractivity contribution in [1.29, 1.82) is 0 Å². The van der Waals surface area contributed by atoms with Crippen molar-refractivity contribution in [2.45, 2.75) is 25.7 Å². The summed E-state index contributed by atoms with van der Waals surface area (Å²) < 4.78 is 0. The molecular weight excluding hydrogens is 124 g/mol. The molecule has 0 aliphatic rings. The van der Waals surface area contributed by atoms with E-state index in [-0.39, 0.29) is 0 Å². The molecule has 0 N–H and O–H groups in total. The zero-order valence-corrected chi connectivity index (χ0v) is 6.31. The Labute approximate surface area is 62.4 Å². The molecule has 0 spiro atoms. The van der Waals surface area contributed by atoms with Gasteiger partial charge in [0.05, 0.1) is 0 Å². The molecule has 10 heavy (non-hydrogen) atoms. The van der Waals surface area contributed by atoms with Crippen molar-refractivity contribution >= 4 is 6.29 Å². The van der Waals surface area contributed by atoms with Crippen molar-refractivity contribution in [1.82, 2.24) is 0 Å². The van der Waals surface area contributed by atoms with E-state index in [0.717, 1.165) is 31.1 Å². The average Bonchev–Trinajstić information content (AvgIpc) is 1.89. The van der Waals surface area contributed by atoms with Gasteiger partial charge in [-0.25, -0.2) is 0 Å². The fourth-order valence-corrected chi connectivity index (χ4v) is 0.716. The van der Waals surface area contributed by atoms with Crippen LogP contribution in [0.15, 0.2) is 24.8 Å². The summed E-state index contributed by atoms with van der Waals surface area (Å²) in [4.78, 5) is 9.97. The average molecular weight is 138 g/mol. The van der Waals surface area contributed by atoms with Crippen LogP contribution in [0.25, 0.3) is 0 Å². The van der Waals surface area contributed by atoms with Crippen LogP contribution in [0.1, 0.15) is 25.7 Å². The first-order valence-corrected chi connectivity index (χ1v) is 3.52. The minimum Gasteiger partial charge on any atom is -0.303 e. The van der Waals surface area contributed by atoms with Gasteiger partial charge in [0, 0.05) is 6.42 Å². The summed E-state index contributed by atoms with van der Waals surface area (Å²) in [7, 11) is 0. The summed E-state index contributed by atoms with van der Waals surface area (Å²) in [5.74, 6) is 0. The second kappa shape index (κ2) is 6.27. The summed E-state index contributed by atoms with van der Waals surface area (Å²) >= 11 is 0. The number of allylic oxidation sites excluding steroid dienone is 2. The molecule has 0 rings (SSSR count). The second-order valence-corrected chi connectivity index (χ2v) is 2.30. The lowest BCUT2D eigenvalue weighted by Crippen LogP contribution is -1.82. The van der Waals surface area contributed by atoms with Gasteiger partial charge in [0.25, 0.3) is 0 Å². The van der Waals surface area contributed by atoms with Gasteiger partial charge in [-0.3, -0.25) is 0 Å². The molecule has 0 atom stereocenters. The highest BCUT2D eigenvalue weighted by atomic mass is 16.1. The van der Waals surface area contributed by atoms with Crippen molar-refractivity contribution in [3.8, 4) is 0 Å². The summed E-state index contributed by atoms with van der Waals surface area (Å²) in [5, 5.41) is 0. The Morgan fingerprint density at radius 3 is 2.70 bits per heavy atom. The van der Waals surface area contributed by atoms with Crippen molar-refractivity contribution in [2.24, 2.45) is 0 Å². The Kier molecular flexibility index (Phi) is 5.74. The third kappa shape index (κ3) is 5.29. The summed E-state index contributed by atoms with van der Waals surface area (Å²) in [6, 6.07) is 0. The van der Waals surface area contributed by atoms with E-state index >= 15 is 0 Å². The molecule has 0 aromatic heterocycles. The first-order valence-electron chi connectivity index (χ1n) is 3.52. The fourth-order valence-electron chi connectivity index (χ4n) is 0.716. The minimum absolute atomic E-state index is 0.511. The van der Waals surface area contributed by atoms with Gasteiger partial charge in [0.2, 0.25) is 0 Å². The molecule has 0 fully saturated rings. The molecule has 1 nitrogen and oxygen atoms in total. The molecule has 56 valence electrons. The Bertz CT molecular complexity index is 125. The smallest absolute Gasteiger partial charge is 0.124 e. The monoisotopic (exact) mass is 138 g/mol. The Morgan fingerprint density at radius 1 is 1.50 bits per heavy atom. The minimum atomic E-state index is 0.511. The molecule has 0 radical (unpaired) electrons. The Hall–Kier alpha value is -0.850. The third-order valence-electron chi connectivity index (χ3n) is 1.31. The van der Waals surface area contributed by atoms with Gasteiger partial charge in [-0.05, 0) is 19.3 Å². The molecule has 0 saturated carbocycles. The molecule has 0 aromatic rings. The number of hydrogen-bond donors (Lipinski definition) is 0. The van der Waals surface area contributed by atoms with E-state index in [2.05, 4.69) is 13.2 Å². The van der Waals surface area contributed by atoms with Crippen molar-refractivity contribution < 1.29 is 4.79 Å². The van der Waals surface area contributed by atoms with Gasteiger partial charge in [0.15, 0.2) is 0 Å². The van der Waals surface area contributed by atoms with E-state index in [1.807, 2.05) is 6.08 Å². The summed E-state index contributed by atoms with van der Waals surface area (Å²) in [6.45, 7) is 7.36. The largest absolute Gasteiger partial charge is 0.303 e. The van der Waals surface area contributed by atoms with E-state index in [1.54, 1.807) is 0 Å². The Morgan fingerprint density at radius 2 is 2.20 bits per heavy atom. The standard InChI is InChI=1S/C9H14O/c1-3-4-5-6-9(2)7-8-10/h3,8H,1-2,4-7H2. The molecule has 0 bridgehead atoms. The lowest BCUT2D eigenvalue weighted by atomic mass is 10.1. The highest BCUT2D eigenvalue weighted by molar-refractivity contribution is 5.53. The lowest BCUT2D eigenvalue weighted by molar-refractivity contribution is -0.107. The number of unbranched alkanes of at least 4 members (excludes halogenated alkanes) is 1. The summed E-state index contributed by atoms with van der Waals surface area (Å²) in [5.41, 5.74) is 1.02. The van der Waals surface area contributed by atoms with Gasteiger partial charge in [-0.15, -0.1) is 6.58 Å². The molecule has 0 unspecified atom stereocenters. The zero-order valence-electron chi connectivity index (χ0n) is 6.31. The molecule has 0 amide bonds. The van der Waals surface area contributed by atoms with Crippen LogP contribution in [0.2, 0.25) is 0 Å². The van der Waals surface area contributed by atoms with Crippen LogP contribution in [0, 0.1) is 0 Å². The van der Waals surface area contributed by atoms with E-state index in [9.17, 15) is 4.79 Å². The normalized spacial score (nSPS) is 8.80. The Balaban J connectivity index is 3.20. The topological polar surface area (TPSA) is 17.1 Å². The maximum atomic E-state index is 9.97. The number of hydrogen-bond acceptors (Lipinski definition) is 1. The fraction of sp³-hybridized carbons (Fsp3) is 0.444. The van der Waals surface area contributed by atoms with Gasteiger partial charge in [-0.1, -0.05) is 18.2 Å². The predicted molar refractivity (Wildman–Crippen MR) is 43.9 cm³/mol. The van der Waals surface area contributed by atoms with Gasteiger partial charge >= 0.3 is 0 Å². The maximum absolute atomic E-state index is 9.97. The van der Waals surface area contributed by atoms with Crippen LogP contribution >= 0.6 is 0 Å². The molecule has 0 aromatic carbocycles. The van der Waals surface area contributed by atoms with E-state index in [0.29, 0.717) is 6.42 Å². The number of aldehydes is 1. The number of rotatable bonds is 6. The SMILES string of the molecule is C=CCCCC(=C)CC=O. The van der Waals surface area contributed by atoms with E-state index in [1.165, 1.54) is 0 Å². The van der Waals surface area contributed by atoms with E-state index < -0.39 is 0 Å². The van der Waals surface area contributed by atoms with Crippen molar-refractivity contribution in [2.75, 3.05) is 0 Å². The molecular formula is C9H14O. The van der Waals surface area contributed by atoms with Crippen molar-refractivity contribution in [3.63, 3.8) is 0 Å².